The number of nitrogens with one attached hydrogen (secondary N) is 1. The first kappa shape index (κ1) is 17.4. The number of hydrogen-bond acceptors (Lipinski definition) is 4. The summed E-state index contributed by atoms with van der Waals surface area (Å²) in [7, 11) is 0. The van der Waals surface area contributed by atoms with E-state index in [0.29, 0.717) is 12.2 Å². The Morgan fingerprint density at radius 2 is 2.26 bits per heavy atom. The standard InChI is InChI=1S/C15H18FN5O.ClH/c16-13-6-11(4-5-14(13)21-9-18-8-19-21)20-15(22)12-3-1-2-10(12)7-17;/h4-6,8-10,12H,1-3,7,17H2,(H,20,22);1H/t10-,12-;/m1./s1. The Hall–Kier alpha value is -1.99. The zero-order valence-corrected chi connectivity index (χ0v) is 13.3. The highest BCUT2D eigenvalue weighted by molar-refractivity contribution is 5.93. The van der Waals surface area contributed by atoms with Gasteiger partial charge in [-0.1, -0.05) is 6.42 Å². The first-order valence-corrected chi connectivity index (χ1v) is 7.34. The van der Waals surface area contributed by atoms with Crippen molar-refractivity contribution in [1.82, 2.24) is 14.8 Å². The summed E-state index contributed by atoms with van der Waals surface area (Å²) in [6, 6.07) is 4.51. The number of benzene rings is 1. The molecule has 0 unspecified atom stereocenters. The lowest BCUT2D eigenvalue weighted by Crippen LogP contribution is -2.29. The highest BCUT2D eigenvalue weighted by atomic mass is 35.5. The smallest absolute Gasteiger partial charge is 0.227 e. The molecule has 0 aliphatic heterocycles. The quantitative estimate of drug-likeness (QED) is 0.893. The van der Waals surface area contributed by atoms with E-state index >= 15 is 0 Å². The molecule has 2 aromatic rings. The third-order valence-corrected chi connectivity index (χ3v) is 4.18. The fourth-order valence-electron chi connectivity index (χ4n) is 3.00. The van der Waals surface area contributed by atoms with Crippen LogP contribution >= 0.6 is 12.4 Å². The zero-order chi connectivity index (χ0) is 15.5. The van der Waals surface area contributed by atoms with Gasteiger partial charge in [0.2, 0.25) is 5.91 Å². The largest absolute Gasteiger partial charge is 0.330 e. The zero-order valence-electron chi connectivity index (χ0n) is 12.5. The average Bonchev–Trinajstić information content (AvgIpc) is 3.18. The van der Waals surface area contributed by atoms with E-state index in [0.717, 1.165) is 19.3 Å². The van der Waals surface area contributed by atoms with Crippen molar-refractivity contribution in [2.45, 2.75) is 19.3 Å². The van der Waals surface area contributed by atoms with Crippen LogP contribution in [0.1, 0.15) is 19.3 Å². The van der Waals surface area contributed by atoms with Crippen molar-refractivity contribution in [3.63, 3.8) is 0 Å². The van der Waals surface area contributed by atoms with E-state index in [1.165, 1.54) is 23.4 Å². The van der Waals surface area contributed by atoms with Crippen molar-refractivity contribution in [2.24, 2.45) is 17.6 Å². The molecule has 1 fully saturated rings. The van der Waals surface area contributed by atoms with Gasteiger partial charge in [0.1, 0.15) is 18.3 Å². The molecule has 0 bridgehead atoms. The van der Waals surface area contributed by atoms with Crippen LogP contribution in [0.2, 0.25) is 0 Å². The number of carbonyl (C=O) groups is 1. The lowest BCUT2D eigenvalue weighted by molar-refractivity contribution is -0.120. The molecule has 3 rings (SSSR count). The van der Waals surface area contributed by atoms with Crippen molar-refractivity contribution < 1.29 is 9.18 Å². The Morgan fingerprint density at radius 3 is 2.91 bits per heavy atom. The Kier molecular flexibility index (Phi) is 5.68. The minimum absolute atomic E-state index is 0. The number of hydrogen-bond donors (Lipinski definition) is 2. The van der Waals surface area contributed by atoms with Crippen LogP contribution in [0.15, 0.2) is 30.9 Å². The average molecular weight is 340 g/mol. The predicted molar refractivity (Wildman–Crippen MR) is 87.1 cm³/mol. The molecule has 3 N–H and O–H groups in total. The second kappa shape index (κ2) is 7.52. The van der Waals surface area contributed by atoms with E-state index in [2.05, 4.69) is 15.4 Å². The number of amides is 1. The van der Waals surface area contributed by atoms with Gasteiger partial charge in [0.25, 0.3) is 0 Å². The summed E-state index contributed by atoms with van der Waals surface area (Å²) in [5, 5.41) is 6.67. The first-order chi connectivity index (χ1) is 10.7. The Bertz CT molecular complexity index is 664. The molecule has 0 spiro atoms. The topological polar surface area (TPSA) is 85.8 Å². The first-order valence-electron chi connectivity index (χ1n) is 7.34. The van der Waals surface area contributed by atoms with Crippen molar-refractivity contribution in [2.75, 3.05) is 11.9 Å². The second-order valence-electron chi connectivity index (χ2n) is 5.53. The number of nitrogens with two attached hydrogens (primary N) is 1. The summed E-state index contributed by atoms with van der Waals surface area (Å²) in [5.74, 6) is -0.409. The van der Waals surface area contributed by atoms with Gasteiger partial charge < -0.3 is 11.1 Å². The summed E-state index contributed by atoms with van der Waals surface area (Å²) in [5.41, 5.74) is 6.43. The molecule has 1 heterocycles. The summed E-state index contributed by atoms with van der Waals surface area (Å²) in [4.78, 5) is 16.1. The van der Waals surface area contributed by atoms with Crippen LogP contribution in [0.5, 0.6) is 0 Å². The van der Waals surface area contributed by atoms with E-state index in [1.54, 1.807) is 12.1 Å². The van der Waals surface area contributed by atoms with Gasteiger partial charge in [-0.15, -0.1) is 12.4 Å². The fraction of sp³-hybridized carbons (Fsp3) is 0.400. The molecule has 0 radical (unpaired) electrons. The normalized spacial score (nSPS) is 20.1. The van der Waals surface area contributed by atoms with E-state index in [-0.39, 0.29) is 35.8 Å². The van der Waals surface area contributed by atoms with Crippen LogP contribution < -0.4 is 11.1 Å². The minimum Gasteiger partial charge on any atom is -0.330 e. The van der Waals surface area contributed by atoms with Crippen molar-refractivity contribution in [3.05, 3.63) is 36.7 Å². The lowest BCUT2D eigenvalue weighted by atomic mass is 9.95. The summed E-state index contributed by atoms with van der Waals surface area (Å²) < 4.78 is 15.5. The molecule has 2 atom stereocenters. The molecule has 1 aromatic heterocycles. The Morgan fingerprint density at radius 1 is 1.43 bits per heavy atom. The van der Waals surface area contributed by atoms with Crippen LogP contribution in [-0.2, 0) is 4.79 Å². The Labute approximate surface area is 139 Å². The lowest BCUT2D eigenvalue weighted by Gasteiger charge is -2.17. The van der Waals surface area contributed by atoms with Crippen molar-refractivity contribution in [3.8, 4) is 5.69 Å². The van der Waals surface area contributed by atoms with Crippen molar-refractivity contribution >= 4 is 24.0 Å². The van der Waals surface area contributed by atoms with Gasteiger partial charge in [-0.3, -0.25) is 4.79 Å². The summed E-state index contributed by atoms with van der Waals surface area (Å²) in [6.07, 6.45) is 5.59. The molecule has 6 nitrogen and oxygen atoms in total. The molecule has 1 saturated carbocycles. The minimum atomic E-state index is -0.468. The number of carbonyl (C=O) groups excluding carboxylic acids is 1. The maximum absolute atomic E-state index is 14.1. The molecule has 23 heavy (non-hydrogen) atoms. The molecule has 1 aliphatic rings. The van der Waals surface area contributed by atoms with Crippen LogP contribution in [0.3, 0.4) is 0 Å². The summed E-state index contributed by atoms with van der Waals surface area (Å²) >= 11 is 0. The maximum atomic E-state index is 14.1. The SMILES string of the molecule is Cl.NC[C@H]1CCC[C@H]1C(=O)Nc1ccc(-n2cncn2)c(F)c1. The molecule has 124 valence electrons. The molecule has 1 amide bonds. The number of aromatic nitrogens is 3. The van der Waals surface area contributed by atoms with Crippen LogP contribution in [-0.4, -0.2) is 27.2 Å². The highest BCUT2D eigenvalue weighted by Gasteiger charge is 2.31. The van der Waals surface area contributed by atoms with E-state index in [9.17, 15) is 9.18 Å². The fourth-order valence-corrected chi connectivity index (χ4v) is 3.00. The molecular weight excluding hydrogens is 321 g/mol. The number of halogens is 2. The number of nitrogens with zero attached hydrogens (tertiary/aromatic N) is 3. The van der Waals surface area contributed by atoms with Gasteiger partial charge in [0.15, 0.2) is 5.82 Å². The molecule has 1 aromatic carbocycles. The number of anilines is 1. The van der Waals surface area contributed by atoms with Crippen LogP contribution in [0.4, 0.5) is 10.1 Å². The molecular formula is C15H19ClFN5O. The van der Waals surface area contributed by atoms with Crippen molar-refractivity contribution in [1.29, 1.82) is 0 Å². The van der Waals surface area contributed by atoms with Gasteiger partial charge in [0.05, 0.1) is 0 Å². The second-order valence-corrected chi connectivity index (χ2v) is 5.53. The summed E-state index contributed by atoms with van der Waals surface area (Å²) in [6.45, 7) is 0.512. The van der Waals surface area contributed by atoms with Gasteiger partial charge in [-0.25, -0.2) is 14.1 Å². The van der Waals surface area contributed by atoms with E-state index in [4.69, 9.17) is 5.73 Å². The van der Waals surface area contributed by atoms with E-state index in [1.807, 2.05) is 0 Å². The van der Waals surface area contributed by atoms with Crippen LogP contribution in [0.25, 0.3) is 5.69 Å². The Balaban J connectivity index is 0.00000192. The highest BCUT2D eigenvalue weighted by Crippen LogP contribution is 2.32. The maximum Gasteiger partial charge on any atom is 0.227 e. The molecule has 0 saturated heterocycles. The predicted octanol–water partition coefficient (Wildman–Crippen LogP) is 2.14. The van der Waals surface area contributed by atoms with Gasteiger partial charge >= 0.3 is 0 Å². The third-order valence-electron chi connectivity index (χ3n) is 4.18. The van der Waals surface area contributed by atoms with Gasteiger partial charge in [-0.05, 0) is 43.5 Å². The van der Waals surface area contributed by atoms with Crippen LogP contribution in [0, 0.1) is 17.7 Å². The third kappa shape index (κ3) is 3.68. The number of rotatable bonds is 4. The van der Waals surface area contributed by atoms with Gasteiger partial charge in [0, 0.05) is 11.6 Å². The van der Waals surface area contributed by atoms with E-state index < -0.39 is 5.82 Å². The molecule has 8 heteroatoms. The molecule has 1 aliphatic carbocycles. The van der Waals surface area contributed by atoms with Gasteiger partial charge in [-0.2, -0.15) is 5.10 Å². The monoisotopic (exact) mass is 339 g/mol.